The minimum Gasteiger partial charge on any atom is -0.359 e. The fraction of sp³-hybridized carbons (Fsp3) is 0.889. The van der Waals surface area contributed by atoms with Crippen LogP contribution >= 0.6 is 0 Å². The molecular weight excluding hydrogens is 275 g/mol. The maximum atomic E-state index is 11.8. The Kier molecular flexibility index (Phi) is 4.60. The van der Waals surface area contributed by atoms with Gasteiger partial charge in [-0.3, -0.25) is 4.79 Å². The largest absolute Gasteiger partial charge is 0.411 e. The van der Waals surface area contributed by atoms with Gasteiger partial charge in [-0.2, -0.15) is 13.2 Å². The van der Waals surface area contributed by atoms with Crippen LogP contribution in [0.25, 0.3) is 0 Å². The van der Waals surface area contributed by atoms with E-state index in [2.05, 4.69) is 10.1 Å². The van der Waals surface area contributed by atoms with Crippen LogP contribution in [0.1, 0.15) is 13.3 Å². The van der Waals surface area contributed by atoms with Gasteiger partial charge in [0.1, 0.15) is 12.7 Å². The second-order valence-electron chi connectivity index (χ2n) is 4.18. The summed E-state index contributed by atoms with van der Waals surface area (Å²) < 4.78 is 62.1. The molecule has 0 saturated carbocycles. The van der Waals surface area contributed by atoms with Gasteiger partial charge in [0.2, 0.25) is 5.91 Å². The van der Waals surface area contributed by atoms with Crippen molar-refractivity contribution in [2.24, 2.45) is 0 Å². The number of ether oxygens (including phenoxy) is 1. The topological polar surface area (TPSA) is 72.5 Å². The zero-order valence-corrected chi connectivity index (χ0v) is 10.5. The van der Waals surface area contributed by atoms with E-state index in [1.165, 1.54) is 6.92 Å². The first-order valence-corrected chi connectivity index (χ1v) is 7.10. The first-order valence-electron chi connectivity index (χ1n) is 5.28. The molecule has 1 aliphatic heterocycles. The minimum absolute atomic E-state index is 0.0181. The summed E-state index contributed by atoms with van der Waals surface area (Å²) in [5.74, 6) is -0.929. The van der Waals surface area contributed by atoms with Gasteiger partial charge in [-0.15, -0.1) is 0 Å². The molecule has 0 aromatic carbocycles. The molecule has 0 aliphatic carbocycles. The third-order valence-corrected chi connectivity index (χ3v) is 4.21. The number of carbonyl (C=O) groups is 1. The number of sulfone groups is 1. The van der Waals surface area contributed by atoms with Crippen LogP contribution in [0.15, 0.2) is 0 Å². The predicted octanol–water partition coefficient (Wildman–Crippen LogP) is 0.257. The number of nitrogens with one attached hydrogen (secondary N) is 1. The maximum Gasteiger partial charge on any atom is 0.411 e. The number of amides is 1. The first-order chi connectivity index (χ1) is 8.09. The Morgan fingerprint density at radius 2 is 2.11 bits per heavy atom. The summed E-state index contributed by atoms with van der Waals surface area (Å²) >= 11 is 0. The van der Waals surface area contributed by atoms with Crippen molar-refractivity contribution in [2.45, 2.75) is 31.7 Å². The maximum absolute atomic E-state index is 11.8. The molecule has 1 fully saturated rings. The van der Waals surface area contributed by atoms with Gasteiger partial charge in [0.25, 0.3) is 0 Å². The average Bonchev–Trinajstić information content (AvgIpc) is 2.53. The van der Waals surface area contributed by atoms with Crippen LogP contribution in [-0.2, 0) is 19.4 Å². The lowest BCUT2D eigenvalue weighted by molar-refractivity contribution is -0.185. The molecule has 106 valence electrons. The highest BCUT2D eigenvalue weighted by Gasteiger charge is 2.32. The van der Waals surface area contributed by atoms with E-state index in [9.17, 15) is 26.4 Å². The summed E-state index contributed by atoms with van der Waals surface area (Å²) in [4.78, 5) is 11.4. The summed E-state index contributed by atoms with van der Waals surface area (Å²) in [7, 11) is -3.14. The van der Waals surface area contributed by atoms with Crippen LogP contribution < -0.4 is 5.32 Å². The molecule has 0 aromatic heterocycles. The van der Waals surface area contributed by atoms with E-state index in [1.807, 2.05) is 0 Å². The predicted molar refractivity (Wildman–Crippen MR) is 56.7 cm³/mol. The van der Waals surface area contributed by atoms with E-state index in [4.69, 9.17) is 0 Å². The molecule has 0 spiro atoms. The minimum atomic E-state index is -4.49. The molecule has 1 rings (SSSR count). The fourth-order valence-electron chi connectivity index (χ4n) is 1.52. The van der Waals surface area contributed by atoms with Gasteiger partial charge in [0.05, 0.1) is 11.5 Å². The lowest BCUT2D eigenvalue weighted by Gasteiger charge is -2.17. The Bertz CT molecular complexity index is 407. The van der Waals surface area contributed by atoms with Gasteiger partial charge in [-0.25, -0.2) is 8.42 Å². The normalized spacial score (nSPS) is 24.8. The van der Waals surface area contributed by atoms with Crippen LogP contribution in [0, 0.1) is 0 Å². The monoisotopic (exact) mass is 289 g/mol. The fourth-order valence-corrected chi connectivity index (χ4v) is 3.20. The molecule has 0 unspecified atom stereocenters. The molecular formula is C9H14F3NO4S. The molecule has 18 heavy (non-hydrogen) atoms. The van der Waals surface area contributed by atoms with Crippen LogP contribution in [0.4, 0.5) is 13.2 Å². The van der Waals surface area contributed by atoms with E-state index < -0.39 is 40.7 Å². The van der Waals surface area contributed by atoms with Crippen molar-refractivity contribution in [2.75, 3.05) is 18.1 Å². The highest BCUT2D eigenvalue weighted by Crippen LogP contribution is 2.16. The van der Waals surface area contributed by atoms with Gasteiger partial charge in [0.15, 0.2) is 9.84 Å². The molecule has 2 atom stereocenters. The van der Waals surface area contributed by atoms with E-state index >= 15 is 0 Å². The molecule has 1 N–H and O–H groups in total. The molecule has 9 heteroatoms. The zero-order valence-electron chi connectivity index (χ0n) is 9.66. The molecule has 0 radical (unpaired) electrons. The number of rotatable bonds is 4. The van der Waals surface area contributed by atoms with Crippen molar-refractivity contribution in [1.82, 2.24) is 5.32 Å². The molecule has 5 nitrogen and oxygen atoms in total. The molecule has 1 saturated heterocycles. The Morgan fingerprint density at radius 3 is 2.56 bits per heavy atom. The van der Waals surface area contributed by atoms with Gasteiger partial charge in [-0.1, -0.05) is 0 Å². The Morgan fingerprint density at radius 1 is 1.50 bits per heavy atom. The van der Waals surface area contributed by atoms with Crippen LogP contribution in [-0.4, -0.2) is 50.8 Å². The first kappa shape index (κ1) is 15.2. The lowest BCUT2D eigenvalue weighted by Crippen LogP contribution is -2.42. The summed E-state index contributed by atoms with van der Waals surface area (Å²) in [5.41, 5.74) is 0. The lowest BCUT2D eigenvalue weighted by atomic mass is 10.2. The van der Waals surface area contributed by atoms with Crippen LogP contribution in [0.5, 0.6) is 0 Å². The SMILES string of the molecule is C[C@H](OCC(F)(F)F)C(=O)N[C@H]1CCS(=O)(=O)C1. The number of halogens is 3. The van der Waals surface area contributed by atoms with Crippen molar-refractivity contribution in [1.29, 1.82) is 0 Å². The van der Waals surface area contributed by atoms with E-state index in [0.717, 1.165) is 0 Å². The highest BCUT2D eigenvalue weighted by atomic mass is 32.2. The second kappa shape index (κ2) is 5.43. The Labute approximate surface area is 103 Å². The second-order valence-corrected chi connectivity index (χ2v) is 6.41. The smallest absolute Gasteiger partial charge is 0.359 e. The summed E-state index contributed by atoms with van der Waals surface area (Å²) in [6.45, 7) is -0.324. The average molecular weight is 289 g/mol. The van der Waals surface area contributed by atoms with E-state index in [0.29, 0.717) is 0 Å². The standard InChI is InChI=1S/C9H14F3NO4S/c1-6(17-5-9(10,11)12)8(14)13-7-2-3-18(15,16)4-7/h6-7H,2-5H2,1H3,(H,13,14)/t6-,7-/m0/s1. The number of alkyl halides is 3. The Hall–Kier alpha value is -0.830. The van der Waals surface area contributed by atoms with Crippen molar-refractivity contribution in [3.8, 4) is 0 Å². The van der Waals surface area contributed by atoms with E-state index in [1.54, 1.807) is 0 Å². The van der Waals surface area contributed by atoms with Crippen LogP contribution in [0.2, 0.25) is 0 Å². The number of carbonyl (C=O) groups excluding carboxylic acids is 1. The summed E-state index contributed by atoms with van der Waals surface area (Å²) in [6, 6.07) is -0.542. The highest BCUT2D eigenvalue weighted by molar-refractivity contribution is 7.91. The zero-order chi connectivity index (χ0) is 14.0. The van der Waals surface area contributed by atoms with Crippen molar-refractivity contribution < 1.29 is 31.1 Å². The third kappa shape index (κ3) is 5.21. The third-order valence-electron chi connectivity index (χ3n) is 2.45. The molecule has 0 aromatic rings. The molecule has 1 amide bonds. The molecule has 0 bridgehead atoms. The number of hydrogen-bond donors (Lipinski definition) is 1. The van der Waals surface area contributed by atoms with Crippen LogP contribution in [0.3, 0.4) is 0 Å². The quantitative estimate of drug-likeness (QED) is 0.805. The summed E-state index contributed by atoms with van der Waals surface area (Å²) in [6.07, 6.45) is -5.49. The Balaban J connectivity index is 2.37. The van der Waals surface area contributed by atoms with Crippen molar-refractivity contribution in [3.05, 3.63) is 0 Å². The summed E-state index contributed by atoms with van der Waals surface area (Å²) in [5, 5.41) is 2.36. The van der Waals surface area contributed by atoms with E-state index in [-0.39, 0.29) is 17.9 Å². The molecule has 1 heterocycles. The van der Waals surface area contributed by atoms with Gasteiger partial charge in [0, 0.05) is 6.04 Å². The van der Waals surface area contributed by atoms with Crippen molar-refractivity contribution >= 4 is 15.7 Å². The van der Waals surface area contributed by atoms with Crippen molar-refractivity contribution in [3.63, 3.8) is 0 Å². The van der Waals surface area contributed by atoms with Gasteiger partial charge >= 0.3 is 6.18 Å². The molecule has 1 aliphatic rings. The van der Waals surface area contributed by atoms with Gasteiger partial charge < -0.3 is 10.1 Å². The number of hydrogen-bond acceptors (Lipinski definition) is 4. The van der Waals surface area contributed by atoms with Gasteiger partial charge in [-0.05, 0) is 13.3 Å².